The fourth-order valence-electron chi connectivity index (χ4n) is 3.30. The SMILES string of the molecule is Cc1ccc(C(=O)c2sc3nc(N)c(C#N)c(-c4ccc(C)cc4)c3c2N)cc1. The Morgan fingerprint density at radius 3 is 2.17 bits per heavy atom. The van der Waals surface area contributed by atoms with E-state index in [9.17, 15) is 10.1 Å². The third-order valence-electron chi connectivity index (χ3n) is 4.88. The topological polar surface area (TPSA) is 106 Å². The van der Waals surface area contributed by atoms with Crippen LogP contribution in [0.2, 0.25) is 0 Å². The summed E-state index contributed by atoms with van der Waals surface area (Å²) in [4.78, 5) is 18.4. The molecule has 0 unspecified atom stereocenters. The summed E-state index contributed by atoms with van der Waals surface area (Å²) in [7, 11) is 0. The number of carbonyl (C=O) groups is 1. The first-order chi connectivity index (χ1) is 13.9. The van der Waals surface area contributed by atoms with Gasteiger partial charge in [0, 0.05) is 16.5 Å². The van der Waals surface area contributed by atoms with Crippen LogP contribution in [0.3, 0.4) is 0 Å². The zero-order valence-corrected chi connectivity index (χ0v) is 16.8. The Balaban J connectivity index is 2.00. The molecular weight excluding hydrogens is 380 g/mol. The summed E-state index contributed by atoms with van der Waals surface area (Å²) in [5.74, 6) is -0.0383. The minimum atomic E-state index is -0.169. The van der Waals surface area contributed by atoms with E-state index in [-0.39, 0.29) is 17.2 Å². The lowest BCUT2D eigenvalue weighted by Crippen LogP contribution is -2.03. The number of nitriles is 1. The number of nitrogens with two attached hydrogens (primary N) is 2. The van der Waals surface area contributed by atoms with Crippen LogP contribution in [0.1, 0.15) is 31.9 Å². The van der Waals surface area contributed by atoms with Gasteiger partial charge in [-0.3, -0.25) is 4.79 Å². The number of hydrogen-bond donors (Lipinski definition) is 2. The van der Waals surface area contributed by atoms with Gasteiger partial charge in [-0.25, -0.2) is 4.98 Å². The van der Waals surface area contributed by atoms with E-state index in [0.717, 1.165) is 16.7 Å². The van der Waals surface area contributed by atoms with Crippen molar-refractivity contribution in [3.05, 3.63) is 75.7 Å². The second kappa shape index (κ2) is 7.04. The maximum Gasteiger partial charge on any atom is 0.205 e. The molecule has 0 radical (unpaired) electrons. The lowest BCUT2D eigenvalue weighted by Gasteiger charge is -2.10. The molecule has 0 aliphatic carbocycles. The molecule has 0 aliphatic heterocycles. The Labute approximate surface area is 172 Å². The van der Waals surface area contributed by atoms with Crippen LogP contribution in [-0.2, 0) is 0 Å². The first-order valence-electron chi connectivity index (χ1n) is 9.00. The van der Waals surface area contributed by atoms with Gasteiger partial charge in [0.15, 0.2) is 0 Å². The minimum Gasteiger partial charge on any atom is -0.397 e. The van der Waals surface area contributed by atoms with Crippen molar-refractivity contribution in [3.8, 4) is 17.2 Å². The molecule has 0 atom stereocenters. The van der Waals surface area contributed by atoms with Crippen molar-refractivity contribution >= 4 is 38.8 Å². The minimum absolute atomic E-state index is 0.131. The third-order valence-corrected chi connectivity index (χ3v) is 5.97. The summed E-state index contributed by atoms with van der Waals surface area (Å²) < 4.78 is 0. The number of nitrogens with zero attached hydrogens (tertiary/aromatic N) is 2. The highest BCUT2D eigenvalue weighted by Crippen LogP contribution is 2.43. The van der Waals surface area contributed by atoms with Crippen LogP contribution >= 0.6 is 11.3 Å². The van der Waals surface area contributed by atoms with E-state index >= 15 is 0 Å². The highest BCUT2D eigenvalue weighted by Gasteiger charge is 2.24. The highest BCUT2D eigenvalue weighted by molar-refractivity contribution is 7.21. The zero-order chi connectivity index (χ0) is 20.7. The number of aromatic nitrogens is 1. The van der Waals surface area contributed by atoms with E-state index < -0.39 is 0 Å². The molecule has 4 N–H and O–H groups in total. The summed E-state index contributed by atoms with van der Waals surface area (Å²) in [6.45, 7) is 3.95. The molecule has 0 saturated carbocycles. The van der Waals surface area contributed by atoms with Crippen molar-refractivity contribution in [3.63, 3.8) is 0 Å². The summed E-state index contributed by atoms with van der Waals surface area (Å²) in [5.41, 5.74) is 17.3. The van der Waals surface area contributed by atoms with Gasteiger partial charge in [0.2, 0.25) is 5.78 Å². The van der Waals surface area contributed by atoms with E-state index in [1.54, 1.807) is 12.1 Å². The number of rotatable bonds is 3. The van der Waals surface area contributed by atoms with Crippen LogP contribution in [0.4, 0.5) is 11.5 Å². The van der Waals surface area contributed by atoms with E-state index in [4.69, 9.17) is 11.5 Å². The molecule has 0 spiro atoms. The average Bonchev–Trinajstić information content (AvgIpc) is 3.03. The van der Waals surface area contributed by atoms with Crippen molar-refractivity contribution in [2.45, 2.75) is 13.8 Å². The fourth-order valence-corrected chi connectivity index (χ4v) is 4.37. The van der Waals surface area contributed by atoms with E-state index in [2.05, 4.69) is 11.1 Å². The Bertz CT molecular complexity index is 1300. The molecule has 142 valence electrons. The molecule has 0 fully saturated rings. The second-order valence-electron chi connectivity index (χ2n) is 6.95. The molecule has 6 heteroatoms. The maximum atomic E-state index is 13.1. The number of thiophene rings is 1. The molecule has 2 heterocycles. The number of carbonyl (C=O) groups excluding carboxylic acids is 1. The summed E-state index contributed by atoms with van der Waals surface area (Å²) >= 11 is 1.20. The first kappa shape index (κ1) is 18.7. The summed E-state index contributed by atoms with van der Waals surface area (Å²) in [6.07, 6.45) is 0. The van der Waals surface area contributed by atoms with Crippen molar-refractivity contribution in [2.24, 2.45) is 0 Å². The van der Waals surface area contributed by atoms with Crippen LogP contribution < -0.4 is 11.5 Å². The number of benzene rings is 2. The summed E-state index contributed by atoms with van der Waals surface area (Å²) in [5, 5.41) is 10.3. The van der Waals surface area contributed by atoms with Gasteiger partial charge >= 0.3 is 0 Å². The van der Waals surface area contributed by atoms with Gasteiger partial charge in [-0.2, -0.15) is 5.26 Å². The Morgan fingerprint density at radius 1 is 1.00 bits per heavy atom. The van der Waals surface area contributed by atoms with Crippen molar-refractivity contribution < 1.29 is 4.79 Å². The quantitative estimate of drug-likeness (QED) is 0.480. The van der Waals surface area contributed by atoms with Crippen LogP contribution in [0, 0.1) is 25.2 Å². The van der Waals surface area contributed by atoms with Gasteiger partial charge in [0.05, 0.1) is 5.69 Å². The zero-order valence-electron chi connectivity index (χ0n) is 16.0. The lowest BCUT2D eigenvalue weighted by atomic mass is 9.96. The van der Waals surface area contributed by atoms with Crippen molar-refractivity contribution in [2.75, 3.05) is 11.5 Å². The van der Waals surface area contributed by atoms with Crippen LogP contribution in [0.5, 0.6) is 0 Å². The molecule has 4 aromatic rings. The Morgan fingerprint density at radius 2 is 1.59 bits per heavy atom. The first-order valence-corrected chi connectivity index (χ1v) is 9.82. The monoisotopic (exact) mass is 398 g/mol. The lowest BCUT2D eigenvalue weighted by molar-refractivity contribution is 0.104. The predicted molar refractivity (Wildman–Crippen MR) is 118 cm³/mol. The molecular formula is C23H18N4OS. The van der Waals surface area contributed by atoms with E-state index in [1.807, 2.05) is 50.2 Å². The molecule has 2 aromatic carbocycles. The number of ketones is 1. The number of pyridine rings is 1. The fraction of sp³-hybridized carbons (Fsp3) is 0.0870. The number of aryl methyl sites for hydroxylation is 2. The van der Waals surface area contributed by atoms with Gasteiger partial charge < -0.3 is 11.5 Å². The van der Waals surface area contributed by atoms with E-state index in [1.165, 1.54) is 11.3 Å². The van der Waals surface area contributed by atoms with Gasteiger partial charge in [-0.1, -0.05) is 59.7 Å². The van der Waals surface area contributed by atoms with Gasteiger partial charge in [0.25, 0.3) is 0 Å². The van der Waals surface area contributed by atoms with Gasteiger partial charge in [-0.15, -0.1) is 11.3 Å². The smallest absolute Gasteiger partial charge is 0.205 e. The van der Waals surface area contributed by atoms with Crippen LogP contribution in [-0.4, -0.2) is 10.8 Å². The van der Waals surface area contributed by atoms with Crippen molar-refractivity contribution in [1.82, 2.24) is 4.98 Å². The predicted octanol–water partition coefficient (Wildman–Crippen LogP) is 4.85. The van der Waals surface area contributed by atoms with Gasteiger partial charge in [0.1, 0.15) is 27.2 Å². The highest BCUT2D eigenvalue weighted by atomic mass is 32.1. The van der Waals surface area contributed by atoms with E-state index in [0.29, 0.717) is 31.9 Å². The maximum absolute atomic E-state index is 13.1. The molecule has 29 heavy (non-hydrogen) atoms. The molecule has 0 saturated heterocycles. The average molecular weight is 398 g/mol. The Kier molecular flexibility index (Phi) is 4.53. The van der Waals surface area contributed by atoms with Crippen LogP contribution in [0.15, 0.2) is 48.5 Å². The molecule has 2 aromatic heterocycles. The number of anilines is 2. The molecule has 0 bridgehead atoms. The molecule has 0 aliphatic rings. The number of nitrogen functional groups attached to an aromatic ring is 2. The standard InChI is InChI=1S/C23H18N4OS/c1-12-3-7-14(8-4-12)17-16(11-24)22(26)27-23-18(17)19(25)21(29-23)20(28)15-9-5-13(2)6-10-15/h3-10H,25H2,1-2H3,(H2,26,27). The molecule has 4 rings (SSSR count). The van der Waals surface area contributed by atoms with Gasteiger partial charge in [-0.05, 0) is 19.4 Å². The number of fused-ring (bicyclic) bond motifs is 1. The largest absolute Gasteiger partial charge is 0.397 e. The normalized spacial score (nSPS) is 10.8. The second-order valence-corrected chi connectivity index (χ2v) is 7.94. The summed E-state index contributed by atoms with van der Waals surface area (Å²) in [6, 6.07) is 17.2. The van der Waals surface area contributed by atoms with Crippen molar-refractivity contribution in [1.29, 1.82) is 5.26 Å². The molecule has 5 nitrogen and oxygen atoms in total. The third kappa shape index (κ3) is 3.12. The molecule has 0 amide bonds. The van der Waals surface area contributed by atoms with Crippen LogP contribution in [0.25, 0.3) is 21.3 Å². The Hall–Kier alpha value is -3.69. The number of hydrogen-bond acceptors (Lipinski definition) is 6.